The van der Waals surface area contributed by atoms with Crippen LogP contribution in [0.25, 0.3) is 0 Å². The van der Waals surface area contributed by atoms with Crippen molar-refractivity contribution in [1.29, 1.82) is 0 Å². The van der Waals surface area contributed by atoms with Crippen LogP contribution in [0.1, 0.15) is 39.0 Å². The SMILES string of the molecule is CCCOc1ncnc(NCC2CCCCC2CO)c1N. The van der Waals surface area contributed by atoms with Gasteiger partial charge in [0.25, 0.3) is 0 Å². The molecule has 0 saturated heterocycles. The Balaban J connectivity index is 1.96. The van der Waals surface area contributed by atoms with E-state index in [0.717, 1.165) is 25.8 Å². The summed E-state index contributed by atoms with van der Waals surface area (Å²) >= 11 is 0. The van der Waals surface area contributed by atoms with Gasteiger partial charge in [-0.15, -0.1) is 0 Å². The standard InChI is InChI=1S/C15H26N4O2/c1-2-7-21-15-13(16)14(18-10-19-15)17-8-11-5-3-4-6-12(11)9-20/h10-12,20H,2-9,16H2,1H3,(H,17,18,19). The molecule has 118 valence electrons. The molecule has 1 heterocycles. The fourth-order valence-corrected chi connectivity index (χ4v) is 2.86. The van der Waals surface area contributed by atoms with E-state index in [2.05, 4.69) is 15.3 Å². The number of hydrogen-bond donors (Lipinski definition) is 3. The molecule has 0 bridgehead atoms. The largest absolute Gasteiger partial charge is 0.476 e. The van der Waals surface area contributed by atoms with Crippen molar-refractivity contribution in [3.8, 4) is 5.88 Å². The van der Waals surface area contributed by atoms with Crippen LogP contribution in [0, 0.1) is 11.8 Å². The Bertz CT molecular complexity index is 442. The number of aliphatic hydroxyl groups is 1. The second kappa shape index (κ2) is 8.02. The van der Waals surface area contributed by atoms with Gasteiger partial charge in [0.2, 0.25) is 5.88 Å². The molecule has 6 heteroatoms. The Morgan fingerprint density at radius 2 is 2.10 bits per heavy atom. The number of anilines is 2. The second-order valence-electron chi connectivity index (χ2n) is 5.66. The van der Waals surface area contributed by atoms with E-state index in [1.165, 1.54) is 19.2 Å². The molecule has 1 aromatic rings. The molecular weight excluding hydrogens is 268 g/mol. The minimum atomic E-state index is 0.260. The molecule has 2 unspecified atom stereocenters. The number of nitrogens with zero attached hydrogens (tertiary/aromatic N) is 2. The van der Waals surface area contributed by atoms with Gasteiger partial charge < -0.3 is 20.9 Å². The third kappa shape index (κ3) is 4.20. The van der Waals surface area contributed by atoms with Crippen LogP contribution in [0.5, 0.6) is 5.88 Å². The van der Waals surface area contributed by atoms with Gasteiger partial charge in [0.05, 0.1) is 6.61 Å². The number of aliphatic hydroxyl groups excluding tert-OH is 1. The molecule has 2 rings (SSSR count). The number of ether oxygens (including phenoxy) is 1. The zero-order chi connectivity index (χ0) is 15.1. The first-order valence-corrected chi connectivity index (χ1v) is 7.84. The van der Waals surface area contributed by atoms with Crippen molar-refractivity contribution in [2.45, 2.75) is 39.0 Å². The quantitative estimate of drug-likeness (QED) is 0.712. The van der Waals surface area contributed by atoms with Gasteiger partial charge in [-0.1, -0.05) is 19.8 Å². The summed E-state index contributed by atoms with van der Waals surface area (Å²) in [6.45, 7) is 3.67. The van der Waals surface area contributed by atoms with E-state index in [1.807, 2.05) is 6.92 Å². The summed E-state index contributed by atoms with van der Waals surface area (Å²) in [5.41, 5.74) is 6.51. The molecule has 1 aromatic heterocycles. The highest BCUT2D eigenvalue weighted by molar-refractivity contribution is 5.66. The molecule has 6 nitrogen and oxygen atoms in total. The van der Waals surface area contributed by atoms with Crippen LogP contribution in [0.15, 0.2) is 6.33 Å². The Kier molecular flexibility index (Phi) is 6.04. The molecule has 4 N–H and O–H groups in total. The molecule has 2 atom stereocenters. The maximum Gasteiger partial charge on any atom is 0.242 e. The van der Waals surface area contributed by atoms with Crippen molar-refractivity contribution >= 4 is 11.5 Å². The van der Waals surface area contributed by atoms with Crippen molar-refractivity contribution in [3.05, 3.63) is 6.33 Å². The monoisotopic (exact) mass is 294 g/mol. The van der Waals surface area contributed by atoms with E-state index < -0.39 is 0 Å². The van der Waals surface area contributed by atoms with E-state index in [-0.39, 0.29) is 6.61 Å². The van der Waals surface area contributed by atoms with Crippen LogP contribution in [0.2, 0.25) is 0 Å². The molecule has 0 aliphatic heterocycles. The lowest BCUT2D eigenvalue weighted by molar-refractivity contribution is 0.141. The number of hydrogen-bond acceptors (Lipinski definition) is 6. The van der Waals surface area contributed by atoms with Gasteiger partial charge in [-0.05, 0) is 31.1 Å². The highest BCUT2D eigenvalue weighted by atomic mass is 16.5. The van der Waals surface area contributed by atoms with E-state index in [9.17, 15) is 5.11 Å². The summed E-state index contributed by atoms with van der Waals surface area (Å²) < 4.78 is 5.50. The molecule has 1 fully saturated rings. The maximum atomic E-state index is 9.46. The number of nitrogens with one attached hydrogen (secondary N) is 1. The van der Waals surface area contributed by atoms with E-state index in [1.54, 1.807) is 0 Å². The topological polar surface area (TPSA) is 93.3 Å². The summed E-state index contributed by atoms with van der Waals surface area (Å²) in [5.74, 6) is 1.92. The van der Waals surface area contributed by atoms with Gasteiger partial charge in [-0.3, -0.25) is 0 Å². The van der Waals surface area contributed by atoms with E-state index in [4.69, 9.17) is 10.5 Å². The van der Waals surface area contributed by atoms with Gasteiger partial charge >= 0.3 is 0 Å². The molecule has 0 aromatic carbocycles. The Hall–Kier alpha value is -1.56. The van der Waals surface area contributed by atoms with Crippen LogP contribution >= 0.6 is 0 Å². The molecule has 0 radical (unpaired) electrons. The fraction of sp³-hybridized carbons (Fsp3) is 0.733. The van der Waals surface area contributed by atoms with Gasteiger partial charge in [0.1, 0.15) is 12.0 Å². The van der Waals surface area contributed by atoms with Crippen molar-refractivity contribution in [2.24, 2.45) is 11.8 Å². The van der Waals surface area contributed by atoms with E-state index >= 15 is 0 Å². The average Bonchev–Trinajstić information content (AvgIpc) is 2.53. The van der Waals surface area contributed by atoms with Gasteiger partial charge in [0.15, 0.2) is 5.82 Å². The zero-order valence-electron chi connectivity index (χ0n) is 12.7. The predicted molar refractivity (Wildman–Crippen MR) is 83.3 cm³/mol. The van der Waals surface area contributed by atoms with Gasteiger partial charge in [-0.2, -0.15) is 4.98 Å². The highest BCUT2D eigenvalue weighted by Gasteiger charge is 2.24. The summed E-state index contributed by atoms with van der Waals surface area (Å²) in [6.07, 6.45) is 7.06. The van der Waals surface area contributed by atoms with Crippen LogP contribution in [0.3, 0.4) is 0 Å². The first kappa shape index (κ1) is 15.8. The second-order valence-corrected chi connectivity index (χ2v) is 5.66. The van der Waals surface area contributed by atoms with Crippen LogP contribution < -0.4 is 15.8 Å². The summed E-state index contributed by atoms with van der Waals surface area (Å²) in [7, 11) is 0. The van der Waals surface area contributed by atoms with Crippen molar-refractivity contribution in [2.75, 3.05) is 30.8 Å². The number of aromatic nitrogens is 2. The molecule has 21 heavy (non-hydrogen) atoms. The molecule has 1 aliphatic rings. The predicted octanol–water partition coefficient (Wildman–Crippen LogP) is 2.06. The molecule has 0 spiro atoms. The number of nitrogens with two attached hydrogens (primary N) is 1. The molecule has 1 aliphatic carbocycles. The normalized spacial score (nSPS) is 22.0. The summed E-state index contributed by atoms with van der Waals surface area (Å²) in [4.78, 5) is 8.26. The maximum absolute atomic E-state index is 9.46. The summed E-state index contributed by atoms with van der Waals surface area (Å²) in [6, 6.07) is 0. The first-order valence-electron chi connectivity index (χ1n) is 7.84. The lowest BCUT2D eigenvalue weighted by atomic mass is 9.79. The molecular formula is C15H26N4O2. The Labute approximate surface area is 126 Å². The van der Waals surface area contributed by atoms with Crippen LogP contribution in [-0.4, -0.2) is 34.8 Å². The number of rotatable bonds is 7. The minimum absolute atomic E-state index is 0.260. The van der Waals surface area contributed by atoms with E-state index in [0.29, 0.717) is 35.8 Å². The highest BCUT2D eigenvalue weighted by Crippen LogP contribution is 2.31. The van der Waals surface area contributed by atoms with Crippen molar-refractivity contribution < 1.29 is 9.84 Å². The molecule has 1 saturated carbocycles. The smallest absolute Gasteiger partial charge is 0.242 e. The third-order valence-corrected chi connectivity index (χ3v) is 4.12. The lowest BCUT2D eigenvalue weighted by Crippen LogP contribution is -2.29. The first-order chi connectivity index (χ1) is 10.3. The zero-order valence-corrected chi connectivity index (χ0v) is 12.7. The van der Waals surface area contributed by atoms with Gasteiger partial charge in [-0.25, -0.2) is 4.98 Å². The Morgan fingerprint density at radius 3 is 2.81 bits per heavy atom. The fourth-order valence-electron chi connectivity index (χ4n) is 2.86. The third-order valence-electron chi connectivity index (χ3n) is 4.12. The Morgan fingerprint density at radius 1 is 1.33 bits per heavy atom. The van der Waals surface area contributed by atoms with Crippen molar-refractivity contribution in [1.82, 2.24) is 9.97 Å². The minimum Gasteiger partial charge on any atom is -0.476 e. The molecule has 0 amide bonds. The summed E-state index contributed by atoms with van der Waals surface area (Å²) in [5, 5.41) is 12.8. The van der Waals surface area contributed by atoms with Crippen LogP contribution in [0.4, 0.5) is 11.5 Å². The average molecular weight is 294 g/mol. The van der Waals surface area contributed by atoms with Crippen molar-refractivity contribution in [3.63, 3.8) is 0 Å². The van der Waals surface area contributed by atoms with Gasteiger partial charge in [0, 0.05) is 13.2 Å². The van der Waals surface area contributed by atoms with Crippen LogP contribution in [-0.2, 0) is 0 Å². The lowest BCUT2D eigenvalue weighted by Gasteiger charge is -2.30. The number of nitrogen functional groups attached to an aromatic ring is 1.